The van der Waals surface area contributed by atoms with Crippen LogP contribution in [0.2, 0.25) is 0 Å². The van der Waals surface area contributed by atoms with E-state index in [9.17, 15) is 0 Å². The predicted octanol–water partition coefficient (Wildman–Crippen LogP) is 4.78. The molecular formula is C19H23N. The Morgan fingerprint density at radius 2 is 1.40 bits per heavy atom. The summed E-state index contributed by atoms with van der Waals surface area (Å²) >= 11 is 0. The summed E-state index contributed by atoms with van der Waals surface area (Å²) in [6.07, 6.45) is 1.17. The van der Waals surface area contributed by atoms with Gasteiger partial charge in [0.15, 0.2) is 0 Å². The third-order valence-electron chi connectivity index (χ3n) is 4.46. The molecule has 1 atom stereocenters. The van der Waals surface area contributed by atoms with Gasteiger partial charge >= 0.3 is 0 Å². The maximum absolute atomic E-state index is 3.88. The molecule has 0 bridgehead atoms. The van der Waals surface area contributed by atoms with E-state index in [0.29, 0.717) is 18.0 Å². The number of rotatable bonds is 4. The molecule has 1 aliphatic carbocycles. The topological polar surface area (TPSA) is 12.0 Å². The Labute approximate surface area is 122 Å². The lowest BCUT2D eigenvalue weighted by atomic mass is 9.97. The smallest absolute Gasteiger partial charge is 0.0591 e. The van der Waals surface area contributed by atoms with Gasteiger partial charge in [-0.05, 0) is 34.6 Å². The first-order valence-corrected chi connectivity index (χ1v) is 7.66. The van der Waals surface area contributed by atoms with Crippen molar-refractivity contribution in [3.63, 3.8) is 0 Å². The second-order valence-electron chi connectivity index (χ2n) is 6.03. The van der Waals surface area contributed by atoms with Crippen LogP contribution in [0.15, 0.2) is 48.5 Å². The Morgan fingerprint density at radius 1 is 0.900 bits per heavy atom. The lowest BCUT2D eigenvalue weighted by molar-refractivity contribution is 0.367. The largest absolute Gasteiger partial charge is 0.303 e. The van der Waals surface area contributed by atoms with E-state index < -0.39 is 0 Å². The van der Waals surface area contributed by atoms with Gasteiger partial charge in [0.1, 0.15) is 0 Å². The number of benzene rings is 2. The average molecular weight is 265 g/mol. The lowest BCUT2D eigenvalue weighted by Gasteiger charge is -2.26. The molecule has 0 saturated heterocycles. The van der Waals surface area contributed by atoms with Crippen molar-refractivity contribution in [3.05, 3.63) is 59.7 Å². The Morgan fingerprint density at radius 3 is 1.85 bits per heavy atom. The quantitative estimate of drug-likeness (QED) is 0.838. The lowest BCUT2D eigenvalue weighted by Crippen LogP contribution is -2.36. The molecule has 0 heterocycles. The van der Waals surface area contributed by atoms with Crippen molar-refractivity contribution < 1.29 is 0 Å². The van der Waals surface area contributed by atoms with Crippen LogP contribution in [0, 0.1) is 5.92 Å². The minimum atomic E-state index is 0.342. The van der Waals surface area contributed by atoms with Crippen LogP contribution in [0.5, 0.6) is 0 Å². The number of nitrogens with one attached hydrogen (secondary N) is 1. The van der Waals surface area contributed by atoms with Gasteiger partial charge in [-0.25, -0.2) is 0 Å². The van der Waals surface area contributed by atoms with E-state index >= 15 is 0 Å². The third-order valence-corrected chi connectivity index (χ3v) is 4.46. The molecule has 0 aromatic heterocycles. The van der Waals surface area contributed by atoms with Crippen LogP contribution in [0.4, 0.5) is 0 Å². The first-order chi connectivity index (χ1) is 9.72. The van der Waals surface area contributed by atoms with Crippen LogP contribution in [0.1, 0.15) is 44.4 Å². The summed E-state index contributed by atoms with van der Waals surface area (Å²) in [5.41, 5.74) is 5.62. The van der Waals surface area contributed by atoms with E-state index in [1.165, 1.54) is 28.7 Å². The van der Waals surface area contributed by atoms with Gasteiger partial charge in [-0.15, -0.1) is 0 Å². The number of hydrogen-bond acceptors (Lipinski definition) is 1. The second kappa shape index (κ2) is 5.41. The van der Waals surface area contributed by atoms with Gasteiger partial charge < -0.3 is 5.32 Å². The second-order valence-corrected chi connectivity index (χ2v) is 6.03. The molecular weight excluding hydrogens is 242 g/mol. The number of hydrogen-bond donors (Lipinski definition) is 1. The SMILES string of the molecule is CCC(NC1c2ccccc2-c2ccccc21)C(C)C. The van der Waals surface area contributed by atoms with Crippen LogP contribution >= 0.6 is 0 Å². The first-order valence-electron chi connectivity index (χ1n) is 7.66. The monoisotopic (exact) mass is 265 g/mol. The molecule has 2 aromatic rings. The van der Waals surface area contributed by atoms with E-state index in [4.69, 9.17) is 0 Å². The van der Waals surface area contributed by atoms with Crippen molar-refractivity contribution >= 4 is 0 Å². The summed E-state index contributed by atoms with van der Waals surface area (Å²) in [7, 11) is 0. The average Bonchev–Trinajstić information content (AvgIpc) is 2.79. The van der Waals surface area contributed by atoms with Crippen LogP contribution in [0.3, 0.4) is 0 Å². The Bertz CT molecular complexity index is 555. The van der Waals surface area contributed by atoms with Gasteiger partial charge in [0.2, 0.25) is 0 Å². The van der Waals surface area contributed by atoms with E-state index in [1.807, 2.05) is 0 Å². The molecule has 0 radical (unpaired) electrons. The summed E-state index contributed by atoms with van der Waals surface area (Å²) in [6.45, 7) is 6.87. The highest BCUT2D eigenvalue weighted by atomic mass is 15.0. The van der Waals surface area contributed by atoms with Gasteiger partial charge in [-0.3, -0.25) is 0 Å². The molecule has 3 rings (SSSR count). The zero-order valence-electron chi connectivity index (χ0n) is 12.6. The van der Waals surface area contributed by atoms with Gasteiger partial charge in [0.25, 0.3) is 0 Å². The van der Waals surface area contributed by atoms with Gasteiger partial charge in [0, 0.05) is 6.04 Å². The van der Waals surface area contributed by atoms with Crippen molar-refractivity contribution in [3.8, 4) is 11.1 Å². The molecule has 0 saturated carbocycles. The number of fused-ring (bicyclic) bond motifs is 3. The highest BCUT2D eigenvalue weighted by Crippen LogP contribution is 2.43. The van der Waals surface area contributed by atoms with Crippen LogP contribution in [-0.2, 0) is 0 Å². The normalized spacial score (nSPS) is 15.2. The molecule has 1 aliphatic rings. The van der Waals surface area contributed by atoms with Crippen molar-refractivity contribution in [2.24, 2.45) is 5.92 Å². The Kier molecular flexibility index (Phi) is 3.62. The van der Waals surface area contributed by atoms with Crippen LogP contribution in [-0.4, -0.2) is 6.04 Å². The summed E-state index contributed by atoms with van der Waals surface area (Å²) in [6, 6.07) is 18.5. The molecule has 0 fully saturated rings. The van der Waals surface area contributed by atoms with E-state index in [-0.39, 0.29) is 0 Å². The minimum Gasteiger partial charge on any atom is -0.303 e. The minimum absolute atomic E-state index is 0.342. The van der Waals surface area contributed by atoms with Crippen LogP contribution in [0.25, 0.3) is 11.1 Å². The highest BCUT2D eigenvalue weighted by molar-refractivity contribution is 5.78. The Hall–Kier alpha value is -1.60. The van der Waals surface area contributed by atoms with Gasteiger partial charge in [-0.1, -0.05) is 69.3 Å². The van der Waals surface area contributed by atoms with E-state index in [2.05, 4.69) is 74.6 Å². The molecule has 1 unspecified atom stereocenters. The molecule has 0 amide bonds. The standard InChI is InChI=1S/C19H23N/c1-4-18(13(2)3)20-19-16-11-7-5-9-14(16)15-10-6-8-12-17(15)19/h5-13,18-20H,4H2,1-3H3. The molecule has 0 aliphatic heterocycles. The van der Waals surface area contributed by atoms with Crippen molar-refractivity contribution in [2.75, 3.05) is 0 Å². The maximum atomic E-state index is 3.88. The van der Waals surface area contributed by atoms with Gasteiger partial charge in [-0.2, -0.15) is 0 Å². The highest BCUT2D eigenvalue weighted by Gasteiger charge is 2.29. The summed E-state index contributed by atoms with van der Waals surface area (Å²) in [5, 5.41) is 3.88. The maximum Gasteiger partial charge on any atom is 0.0591 e. The van der Waals surface area contributed by atoms with Crippen molar-refractivity contribution in [1.82, 2.24) is 5.32 Å². The molecule has 0 spiro atoms. The first kappa shape index (κ1) is 13.4. The summed E-state index contributed by atoms with van der Waals surface area (Å²) in [4.78, 5) is 0. The molecule has 1 heteroatoms. The molecule has 2 aromatic carbocycles. The Balaban J connectivity index is 2.03. The van der Waals surface area contributed by atoms with Crippen LogP contribution < -0.4 is 5.32 Å². The summed E-state index contributed by atoms with van der Waals surface area (Å²) < 4.78 is 0. The summed E-state index contributed by atoms with van der Waals surface area (Å²) in [5.74, 6) is 0.653. The molecule has 1 nitrogen and oxygen atoms in total. The molecule has 20 heavy (non-hydrogen) atoms. The zero-order valence-corrected chi connectivity index (χ0v) is 12.6. The fourth-order valence-electron chi connectivity index (χ4n) is 3.33. The fraction of sp³-hybridized carbons (Fsp3) is 0.368. The third kappa shape index (κ3) is 2.16. The molecule has 104 valence electrons. The van der Waals surface area contributed by atoms with E-state index in [1.54, 1.807) is 0 Å². The fourth-order valence-corrected chi connectivity index (χ4v) is 3.33. The van der Waals surface area contributed by atoms with Crippen molar-refractivity contribution in [1.29, 1.82) is 0 Å². The van der Waals surface area contributed by atoms with E-state index in [0.717, 1.165) is 0 Å². The van der Waals surface area contributed by atoms with Crippen molar-refractivity contribution in [2.45, 2.75) is 39.3 Å². The molecule has 1 N–H and O–H groups in total. The van der Waals surface area contributed by atoms with Gasteiger partial charge in [0.05, 0.1) is 6.04 Å². The zero-order chi connectivity index (χ0) is 14.1. The predicted molar refractivity (Wildman–Crippen MR) is 85.8 cm³/mol.